The third-order valence-electron chi connectivity index (χ3n) is 4.05. The van der Waals surface area contributed by atoms with E-state index in [9.17, 15) is 8.78 Å². The molecule has 116 valence electrons. The molecule has 0 atom stereocenters. The second-order valence-electron chi connectivity index (χ2n) is 5.58. The van der Waals surface area contributed by atoms with Crippen molar-refractivity contribution < 1.29 is 13.9 Å². The largest absolute Gasteiger partial charge is 0.391 e. The van der Waals surface area contributed by atoms with Crippen LogP contribution in [-0.2, 0) is 13.2 Å². The van der Waals surface area contributed by atoms with E-state index in [1.807, 2.05) is 6.07 Å². The molecule has 3 nitrogen and oxygen atoms in total. The Morgan fingerprint density at radius 1 is 1.09 bits per heavy atom. The van der Waals surface area contributed by atoms with Gasteiger partial charge in [-0.3, -0.25) is 9.88 Å². The number of rotatable bonds is 4. The predicted octanol–water partition coefficient (Wildman–Crippen LogP) is 3.11. The molecular formula is C17H18F2N2O. The number of benzene rings is 1. The molecule has 0 unspecified atom stereocenters. The molecule has 1 N–H and O–H groups in total. The van der Waals surface area contributed by atoms with Crippen LogP contribution in [0.15, 0.2) is 30.5 Å². The van der Waals surface area contributed by atoms with Crippen LogP contribution in [0.25, 0.3) is 11.3 Å². The molecular weight excluding hydrogens is 286 g/mol. The van der Waals surface area contributed by atoms with Crippen LogP contribution in [0.4, 0.5) is 8.78 Å². The maximum Gasteiger partial charge on any atom is 0.141 e. The average molecular weight is 304 g/mol. The molecule has 3 rings (SSSR count). The first-order chi connectivity index (χ1) is 10.7. The van der Waals surface area contributed by atoms with Crippen molar-refractivity contribution in [3.63, 3.8) is 0 Å². The Kier molecular flexibility index (Phi) is 4.45. The van der Waals surface area contributed by atoms with Crippen molar-refractivity contribution in [1.29, 1.82) is 0 Å². The minimum Gasteiger partial charge on any atom is -0.391 e. The molecule has 0 bridgehead atoms. The maximum absolute atomic E-state index is 14.2. The van der Waals surface area contributed by atoms with Crippen molar-refractivity contribution in [1.82, 2.24) is 9.88 Å². The number of aliphatic hydroxyl groups is 1. The van der Waals surface area contributed by atoms with E-state index in [0.717, 1.165) is 31.3 Å². The van der Waals surface area contributed by atoms with Crippen molar-refractivity contribution in [2.24, 2.45) is 0 Å². The van der Waals surface area contributed by atoms with E-state index in [0.29, 0.717) is 5.69 Å². The first kappa shape index (κ1) is 15.1. The van der Waals surface area contributed by atoms with Gasteiger partial charge in [-0.15, -0.1) is 0 Å². The van der Waals surface area contributed by atoms with E-state index in [4.69, 9.17) is 5.11 Å². The summed E-state index contributed by atoms with van der Waals surface area (Å²) in [6.45, 7) is 2.39. The van der Waals surface area contributed by atoms with Gasteiger partial charge in [0.05, 0.1) is 12.3 Å². The van der Waals surface area contributed by atoms with Crippen LogP contribution < -0.4 is 0 Å². The smallest absolute Gasteiger partial charge is 0.141 e. The van der Waals surface area contributed by atoms with Gasteiger partial charge in [-0.05, 0) is 49.7 Å². The standard InChI is InChI=1S/C17H18F2N2O/c18-15-5-4-13(17(19)14(15)11-22)16-6-3-12(9-20-16)10-21-7-1-2-8-21/h3-6,9,22H,1-2,7-8,10-11H2. The van der Waals surface area contributed by atoms with Gasteiger partial charge < -0.3 is 5.11 Å². The molecule has 0 amide bonds. The van der Waals surface area contributed by atoms with Crippen molar-refractivity contribution in [3.05, 3.63) is 53.2 Å². The van der Waals surface area contributed by atoms with Gasteiger partial charge >= 0.3 is 0 Å². The maximum atomic E-state index is 14.2. The Hall–Kier alpha value is -1.85. The monoisotopic (exact) mass is 304 g/mol. The number of aliphatic hydroxyl groups excluding tert-OH is 1. The zero-order valence-corrected chi connectivity index (χ0v) is 12.2. The molecule has 1 aliphatic rings. The van der Waals surface area contributed by atoms with Crippen molar-refractivity contribution >= 4 is 0 Å². The second kappa shape index (κ2) is 6.50. The molecule has 1 aromatic heterocycles. The summed E-state index contributed by atoms with van der Waals surface area (Å²) in [6, 6.07) is 6.17. The highest BCUT2D eigenvalue weighted by Crippen LogP contribution is 2.25. The lowest BCUT2D eigenvalue weighted by Gasteiger charge is -2.14. The number of nitrogens with zero attached hydrogens (tertiary/aromatic N) is 2. The van der Waals surface area contributed by atoms with Gasteiger partial charge in [0.15, 0.2) is 0 Å². The number of aromatic nitrogens is 1. The van der Waals surface area contributed by atoms with Gasteiger partial charge in [-0.2, -0.15) is 0 Å². The molecule has 2 aromatic rings. The summed E-state index contributed by atoms with van der Waals surface area (Å²) in [5, 5.41) is 9.07. The minimum atomic E-state index is -0.748. The first-order valence-corrected chi connectivity index (χ1v) is 7.44. The third kappa shape index (κ3) is 3.00. The lowest BCUT2D eigenvalue weighted by Crippen LogP contribution is -2.18. The molecule has 0 aliphatic carbocycles. The molecule has 0 spiro atoms. The van der Waals surface area contributed by atoms with Crippen LogP contribution in [-0.4, -0.2) is 28.1 Å². The fraction of sp³-hybridized carbons (Fsp3) is 0.353. The van der Waals surface area contributed by atoms with Crippen LogP contribution in [0.2, 0.25) is 0 Å². The Morgan fingerprint density at radius 2 is 1.86 bits per heavy atom. The number of likely N-dealkylation sites (tertiary alicyclic amines) is 1. The highest BCUT2D eigenvalue weighted by molar-refractivity contribution is 5.61. The van der Waals surface area contributed by atoms with E-state index in [-0.39, 0.29) is 11.1 Å². The number of hydrogen-bond acceptors (Lipinski definition) is 3. The molecule has 22 heavy (non-hydrogen) atoms. The molecule has 1 aliphatic heterocycles. The van der Waals surface area contributed by atoms with E-state index in [1.165, 1.54) is 18.9 Å². The lowest BCUT2D eigenvalue weighted by molar-refractivity contribution is 0.269. The van der Waals surface area contributed by atoms with E-state index >= 15 is 0 Å². The van der Waals surface area contributed by atoms with Crippen LogP contribution in [0.1, 0.15) is 24.0 Å². The van der Waals surface area contributed by atoms with Gasteiger partial charge in [-0.1, -0.05) is 6.07 Å². The number of pyridine rings is 1. The second-order valence-corrected chi connectivity index (χ2v) is 5.58. The highest BCUT2D eigenvalue weighted by atomic mass is 19.1. The fourth-order valence-electron chi connectivity index (χ4n) is 2.82. The molecule has 1 saturated heterocycles. The Balaban J connectivity index is 1.83. The van der Waals surface area contributed by atoms with E-state index in [2.05, 4.69) is 9.88 Å². The van der Waals surface area contributed by atoms with Crippen molar-refractivity contribution in [2.45, 2.75) is 26.0 Å². The summed E-state index contributed by atoms with van der Waals surface area (Å²) in [5.74, 6) is -1.49. The topological polar surface area (TPSA) is 36.4 Å². The summed E-state index contributed by atoms with van der Waals surface area (Å²) in [7, 11) is 0. The van der Waals surface area contributed by atoms with Gasteiger partial charge in [-0.25, -0.2) is 8.78 Å². The lowest BCUT2D eigenvalue weighted by atomic mass is 10.1. The zero-order chi connectivity index (χ0) is 15.5. The quantitative estimate of drug-likeness (QED) is 0.943. The van der Waals surface area contributed by atoms with Crippen LogP contribution in [0, 0.1) is 11.6 Å². The Bertz CT molecular complexity index is 652. The molecule has 0 radical (unpaired) electrons. The van der Waals surface area contributed by atoms with Gasteiger partial charge in [0.25, 0.3) is 0 Å². The van der Waals surface area contributed by atoms with Crippen LogP contribution >= 0.6 is 0 Å². The van der Waals surface area contributed by atoms with Crippen molar-refractivity contribution in [2.75, 3.05) is 13.1 Å². The van der Waals surface area contributed by atoms with Gasteiger partial charge in [0.2, 0.25) is 0 Å². The highest BCUT2D eigenvalue weighted by Gasteiger charge is 2.16. The molecule has 1 aromatic carbocycles. The minimum absolute atomic E-state index is 0.207. The fourth-order valence-corrected chi connectivity index (χ4v) is 2.82. The first-order valence-electron chi connectivity index (χ1n) is 7.44. The summed E-state index contributed by atoms with van der Waals surface area (Å²) >= 11 is 0. The van der Waals surface area contributed by atoms with E-state index < -0.39 is 18.2 Å². The Morgan fingerprint density at radius 3 is 2.50 bits per heavy atom. The van der Waals surface area contributed by atoms with Gasteiger partial charge in [0.1, 0.15) is 11.6 Å². The van der Waals surface area contributed by atoms with Crippen LogP contribution in [0.3, 0.4) is 0 Å². The molecule has 5 heteroatoms. The zero-order valence-electron chi connectivity index (χ0n) is 12.2. The normalized spacial score (nSPS) is 15.4. The van der Waals surface area contributed by atoms with Crippen LogP contribution in [0.5, 0.6) is 0 Å². The average Bonchev–Trinajstić information content (AvgIpc) is 3.02. The Labute approximate surface area is 128 Å². The van der Waals surface area contributed by atoms with E-state index in [1.54, 1.807) is 12.3 Å². The van der Waals surface area contributed by atoms with Gasteiger partial charge in [0, 0.05) is 23.9 Å². The number of halogens is 2. The molecule has 1 fully saturated rings. The summed E-state index contributed by atoms with van der Waals surface area (Å²) in [6.07, 6.45) is 4.20. The predicted molar refractivity (Wildman–Crippen MR) is 80.0 cm³/mol. The summed E-state index contributed by atoms with van der Waals surface area (Å²) < 4.78 is 27.6. The summed E-state index contributed by atoms with van der Waals surface area (Å²) in [4.78, 5) is 6.65. The SMILES string of the molecule is OCc1c(F)ccc(-c2ccc(CN3CCCC3)cn2)c1F. The summed E-state index contributed by atoms with van der Waals surface area (Å²) in [5.41, 5.74) is 1.41. The van der Waals surface area contributed by atoms with Crippen molar-refractivity contribution in [3.8, 4) is 11.3 Å². The number of hydrogen-bond donors (Lipinski definition) is 1. The molecule has 0 saturated carbocycles. The third-order valence-corrected chi connectivity index (χ3v) is 4.05. The molecule has 2 heterocycles.